The molecule has 2 heterocycles. The Morgan fingerprint density at radius 1 is 1.08 bits per heavy atom. The van der Waals surface area contributed by atoms with E-state index in [-0.39, 0.29) is 0 Å². The number of H-pyrrole nitrogens is 1. The first kappa shape index (κ1) is 6.83. The molecule has 2 aromatic rings. The number of hydrogen-bond acceptors (Lipinski definition) is 2. The summed E-state index contributed by atoms with van der Waals surface area (Å²) in [4.78, 5) is 3.13. The molecule has 1 aliphatic heterocycles. The lowest BCUT2D eigenvalue weighted by Crippen LogP contribution is -2.15. The second kappa shape index (κ2) is 2.42. The maximum absolute atomic E-state index is 5.46. The SMILES string of the molecule is c1cc2cc3c(cc2[nH]1)OCCO3. The van der Waals surface area contributed by atoms with Gasteiger partial charge in [0.1, 0.15) is 13.2 Å². The van der Waals surface area contributed by atoms with Crippen LogP contribution in [0, 0.1) is 0 Å². The minimum atomic E-state index is 0.638. The fourth-order valence-electron chi connectivity index (χ4n) is 1.59. The summed E-state index contributed by atoms with van der Waals surface area (Å²) in [7, 11) is 0. The number of ether oxygens (including phenoxy) is 2. The van der Waals surface area contributed by atoms with Crippen molar-refractivity contribution < 1.29 is 9.47 Å². The molecular weight excluding hydrogens is 166 g/mol. The lowest BCUT2D eigenvalue weighted by molar-refractivity contribution is 0.172. The van der Waals surface area contributed by atoms with Gasteiger partial charge in [-0.25, -0.2) is 0 Å². The van der Waals surface area contributed by atoms with E-state index < -0.39 is 0 Å². The van der Waals surface area contributed by atoms with Gasteiger partial charge in [-0.15, -0.1) is 0 Å². The number of aromatic amines is 1. The zero-order valence-corrected chi connectivity index (χ0v) is 7.04. The summed E-state index contributed by atoms with van der Waals surface area (Å²) in [5.41, 5.74) is 1.09. The highest BCUT2D eigenvalue weighted by Crippen LogP contribution is 2.33. The molecule has 0 bridgehead atoms. The average molecular weight is 175 g/mol. The molecule has 0 unspecified atom stereocenters. The van der Waals surface area contributed by atoms with E-state index in [1.807, 2.05) is 24.4 Å². The van der Waals surface area contributed by atoms with Crippen molar-refractivity contribution in [3.8, 4) is 11.5 Å². The zero-order chi connectivity index (χ0) is 8.67. The molecule has 0 atom stereocenters. The topological polar surface area (TPSA) is 34.2 Å². The molecule has 3 nitrogen and oxygen atoms in total. The Labute approximate surface area is 75.3 Å². The van der Waals surface area contributed by atoms with Gasteiger partial charge in [-0.1, -0.05) is 0 Å². The molecule has 1 aliphatic rings. The Hall–Kier alpha value is -1.64. The summed E-state index contributed by atoms with van der Waals surface area (Å²) < 4.78 is 10.9. The Balaban J connectivity index is 2.28. The number of fused-ring (bicyclic) bond motifs is 2. The van der Waals surface area contributed by atoms with Crippen LogP contribution in [0.3, 0.4) is 0 Å². The number of rotatable bonds is 0. The molecular formula is C10H9NO2. The molecule has 0 saturated carbocycles. The van der Waals surface area contributed by atoms with E-state index in [1.165, 1.54) is 0 Å². The Bertz CT molecular complexity index is 407. The molecule has 0 radical (unpaired) electrons. The van der Waals surface area contributed by atoms with Crippen molar-refractivity contribution in [1.29, 1.82) is 0 Å². The monoisotopic (exact) mass is 175 g/mol. The first-order chi connectivity index (χ1) is 6.43. The van der Waals surface area contributed by atoms with Crippen molar-refractivity contribution in [1.82, 2.24) is 4.98 Å². The molecule has 0 spiro atoms. The summed E-state index contributed by atoms with van der Waals surface area (Å²) >= 11 is 0. The molecule has 1 aromatic carbocycles. The quantitative estimate of drug-likeness (QED) is 0.664. The normalized spacial score (nSPS) is 14.8. The van der Waals surface area contributed by atoms with Crippen LogP contribution in [0.2, 0.25) is 0 Å². The van der Waals surface area contributed by atoms with Crippen molar-refractivity contribution in [2.75, 3.05) is 13.2 Å². The van der Waals surface area contributed by atoms with E-state index in [2.05, 4.69) is 4.98 Å². The minimum Gasteiger partial charge on any atom is -0.486 e. The van der Waals surface area contributed by atoms with E-state index in [0.29, 0.717) is 13.2 Å². The summed E-state index contributed by atoms with van der Waals surface area (Å²) in [5, 5.41) is 1.16. The lowest BCUT2D eigenvalue weighted by Gasteiger charge is -2.17. The van der Waals surface area contributed by atoms with Gasteiger partial charge in [0.05, 0.1) is 0 Å². The van der Waals surface area contributed by atoms with Crippen molar-refractivity contribution in [2.24, 2.45) is 0 Å². The molecule has 0 fully saturated rings. The summed E-state index contributed by atoms with van der Waals surface area (Å²) in [5.74, 6) is 1.68. The third-order valence-corrected chi connectivity index (χ3v) is 2.22. The van der Waals surface area contributed by atoms with E-state index in [0.717, 1.165) is 22.4 Å². The van der Waals surface area contributed by atoms with Crippen molar-refractivity contribution in [3.05, 3.63) is 24.4 Å². The number of benzene rings is 1. The van der Waals surface area contributed by atoms with Crippen LogP contribution in [0.1, 0.15) is 0 Å². The van der Waals surface area contributed by atoms with Gasteiger partial charge in [0.2, 0.25) is 0 Å². The molecule has 1 aromatic heterocycles. The van der Waals surface area contributed by atoms with Gasteiger partial charge in [0.15, 0.2) is 11.5 Å². The van der Waals surface area contributed by atoms with Gasteiger partial charge < -0.3 is 14.5 Å². The predicted octanol–water partition coefficient (Wildman–Crippen LogP) is 1.94. The first-order valence-electron chi connectivity index (χ1n) is 4.30. The molecule has 66 valence electrons. The maximum atomic E-state index is 5.46. The van der Waals surface area contributed by atoms with Gasteiger partial charge in [-0.05, 0) is 12.1 Å². The van der Waals surface area contributed by atoms with Gasteiger partial charge >= 0.3 is 0 Å². The smallest absolute Gasteiger partial charge is 0.163 e. The van der Waals surface area contributed by atoms with Crippen LogP contribution in [0.25, 0.3) is 10.9 Å². The van der Waals surface area contributed by atoms with E-state index >= 15 is 0 Å². The fraction of sp³-hybridized carbons (Fsp3) is 0.200. The van der Waals surface area contributed by atoms with Crippen LogP contribution < -0.4 is 9.47 Å². The fourth-order valence-corrected chi connectivity index (χ4v) is 1.59. The highest BCUT2D eigenvalue weighted by molar-refractivity contribution is 5.83. The van der Waals surface area contributed by atoms with Crippen LogP contribution in [0.4, 0.5) is 0 Å². The van der Waals surface area contributed by atoms with Crippen LogP contribution in [0.5, 0.6) is 11.5 Å². The summed E-state index contributed by atoms with van der Waals surface area (Å²) in [6, 6.07) is 6.00. The third-order valence-electron chi connectivity index (χ3n) is 2.22. The predicted molar refractivity (Wildman–Crippen MR) is 49.3 cm³/mol. The summed E-state index contributed by atoms with van der Waals surface area (Å²) in [6.07, 6.45) is 1.91. The Morgan fingerprint density at radius 2 is 1.85 bits per heavy atom. The van der Waals surface area contributed by atoms with Crippen molar-refractivity contribution >= 4 is 10.9 Å². The first-order valence-corrected chi connectivity index (χ1v) is 4.30. The Kier molecular flexibility index (Phi) is 1.27. The molecule has 1 N–H and O–H groups in total. The van der Waals surface area contributed by atoms with Gasteiger partial charge in [-0.2, -0.15) is 0 Å². The molecule has 13 heavy (non-hydrogen) atoms. The molecule has 0 aliphatic carbocycles. The second-order valence-electron chi connectivity index (χ2n) is 3.06. The van der Waals surface area contributed by atoms with Crippen LogP contribution >= 0.6 is 0 Å². The van der Waals surface area contributed by atoms with Gasteiger partial charge in [0, 0.05) is 23.2 Å². The van der Waals surface area contributed by atoms with E-state index in [9.17, 15) is 0 Å². The highest BCUT2D eigenvalue weighted by atomic mass is 16.6. The second-order valence-corrected chi connectivity index (χ2v) is 3.06. The lowest BCUT2D eigenvalue weighted by atomic mass is 10.2. The Morgan fingerprint density at radius 3 is 2.69 bits per heavy atom. The molecule has 3 rings (SSSR count). The number of hydrogen-bond donors (Lipinski definition) is 1. The van der Waals surface area contributed by atoms with E-state index in [1.54, 1.807) is 0 Å². The number of aromatic nitrogens is 1. The molecule has 3 heteroatoms. The largest absolute Gasteiger partial charge is 0.486 e. The standard InChI is InChI=1S/C10H9NO2/c1-2-11-8-6-10-9(5-7(1)8)12-3-4-13-10/h1-2,5-6,11H,3-4H2. The maximum Gasteiger partial charge on any atom is 0.163 e. The van der Waals surface area contributed by atoms with E-state index in [4.69, 9.17) is 9.47 Å². The van der Waals surface area contributed by atoms with Crippen LogP contribution in [-0.4, -0.2) is 18.2 Å². The molecule has 0 saturated heterocycles. The van der Waals surface area contributed by atoms with Crippen molar-refractivity contribution in [2.45, 2.75) is 0 Å². The summed E-state index contributed by atoms with van der Waals surface area (Å²) in [6.45, 7) is 1.28. The minimum absolute atomic E-state index is 0.638. The third kappa shape index (κ3) is 0.967. The van der Waals surface area contributed by atoms with Crippen molar-refractivity contribution in [3.63, 3.8) is 0 Å². The average Bonchev–Trinajstić information content (AvgIpc) is 2.61. The van der Waals surface area contributed by atoms with Gasteiger partial charge in [0.25, 0.3) is 0 Å². The highest BCUT2D eigenvalue weighted by Gasteiger charge is 2.12. The molecule has 0 amide bonds. The van der Waals surface area contributed by atoms with Crippen LogP contribution in [0.15, 0.2) is 24.4 Å². The number of nitrogens with one attached hydrogen (secondary N) is 1. The van der Waals surface area contributed by atoms with Gasteiger partial charge in [-0.3, -0.25) is 0 Å². The van der Waals surface area contributed by atoms with Crippen LogP contribution in [-0.2, 0) is 0 Å². The zero-order valence-electron chi connectivity index (χ0n) is 7.04.